The molecule has 0 spiro atoms. The number of carbonyl (C=O) groups excluding carboxylic acids is 2. The van der Waals surface area contributed by atoms with E-state index in [0.717, 1.165) is 17.5 Å². The van der Waals surface area contributed by atoms with Crippen LogP contribution in [0.25, 0.3) is 0 Å². The number of nitrogens with two attached hydrogens (primary N) is 1. The molecule has 1 aliphatic rings. The van der Waals surface area contributed by atoms with Gasteiger partial charge < -0.3 is 5.73 Å². The van der Waals surface area contributed by atoms with Crippen molar-refractivity contribution in [3.05, 3.63) is 58.7 Å². The molecular weight excluding hydrogens is 264 g/mol. The van der Waals surface area contributed by atoms with Crippen LogP contribution in [0.4, 0.5) is 11.4 Å². The Kier molecular flexibility index (Phi) is 3.01. The highest BCUT2D eigenvalue weighted by atomic mass is 16.2. The molecule has 0 bridgehead atoms. The molecule has 106 valence electrons. The maximum atomic E-state index is 12.5. The van der Waals surface area contributed by atoms with Crippen molar-refractivity contribution in [1.29, 1.82) is 0 Å². The summed E-state index contributed by atoms with van der Waals surface area (Å²) < 4.78 is 0. The molecule has 3 rings (SSSR count). The Hall–Kier alpha value is -2.62. The fraction of sp³-hybridized carbons (Fsp3) is 0.176. The fourth-order valence-corrected chi connectivity index (χ4v) is 2.63. The van der Waals surface area contributed by atoms with Gasteiger partial charge in [-0.1, -0.05) is 24.6 Å². The highest BCUT2D eigenvalue weighted by molar-refractivity contribution is 6.34. The third-order valence-corrected chi connectivity index (χ3v) is 3.81. The third-order valence-electron chi connectivity index (χ3n) is 3.81. The highest BCUT2D eigenvalue weighted by Gasteiger charge is 2.36. The van der Waals surface area contributed by atoms with Crippen LogP contribution in [0.2, 0.25) is 0 Å². The first-order chi connectivity index (χ1) is 10.0. The molecule has 1 heterocycles. The van der Waals surface area contributed by atoms with Crippen molar-refractivity contribution in [1.82, 2.24) is 0 Å². The second-order valence-corrected chi connectivity index (χ2v) is 5.23. The van der Waals surface area contributed by atoms with Crippen LogP contribution in [0.5, 0.6) is 0 Å². The Morgan fingerprint density at radius 1 is 1.00 bits per heavy atom. The first-order valence-electron chi connectivity index (χ1n) is 6.90. The van der Waals surface area contributed by atoms with E-state index in [0.29, 0.717) is 22.5 Å². The molecule has 0 atom stereocenters. The predicted octanol–water partition coefficient (Wildman–Crippen LogP) is 2.94. The molecule has 2 aromatic carbocycles. The molecule has 2 amide bonds. The quantitative estimate of drug-likeness (QED) is 0.679. The minimum absolute atomic E-state index is 0.289. The number of imide groups is 1. The molecule has 0 unspecified atom stereocenters. The second kappa shape index (κ2) is 4.74. The smallest absolute Gasteiger partial charge is 0.266 e. The zero-order chi connectivity index (χ0) is 15.1. The molecule has 0 aromatic heterocycles. The summed E-state index contributed by atoms with van der Waals surface area (Å²) in [6.07, 6.45) is 0.813. The number of hydrogen-bond acceptors (Lipinski definition) is 3. The molecule has 1 aliphatic heterocycles. The van der Waals surface area contributed by atoms with Crippen LogP contribution in [-0.4, -0.2) is 11.8 Å². The Bertz CT molecular complexity index is 765. The van der Waals surface area contributed by atoms with E-state index >= 15 is 0 Å². The van der Waals surface area contributed by atoms with E-state index in [2.05, 4.69) is 0 Å². The number of hydrogen-bond donors (Lipinski definition) is 1. The molecule has 0 saturated carbocycles. The first-order valence-corrected chi connectivity index (χ1v) is 6.90. The van der Waals surface area contributed by atoms with Crippen LogP contribution in [0.1, 0.15) is 38.8 Å². The number of nitrogen functional groups attached to an aromatic ring is 1. The molecular formula is C17H16N2O2. The predicted molar refractivity (Wildman–Crippen MR) is 82.6 cm³/mol. The lowest BCUT2D eigenvalue weighted by molar-refractivity contribution is 0.0926. The molecule has 0 aliphatic carbocycles. The van der Waals surface area contributed by atoms with Gasteiger partial charge in [0.1, 0.15) is 0 Å². The van der Waals surface area contributed by atoms with Crippen LogP contribution in [-0.2, 0) is 6.42 Å². The largest absolute Gasteiger partial charge is 0.398 e. The maximum absolute atomic E-state index is 12.5. The van der Waals surface area contributed by atoms with E-state index < -0.39 is 0 Å². The highest BCUT2D eigenvalue weighted by Crippen LogP contribution is 2.31. The van der Waals surface area contributed by atoms with Crippen molar-refractivity contribution in [2.45, 2.75) is 20.3 Å². The summed E-state index contributed by atoms with van der Waals surface area (Å²) in [7, 11) is 0. The van der Waals surface area contributed by atoms with Gasteiger partial charge in [-0.2, -0.15) is 0 Å². The van der Waals surface area contributed by atoms with E-state index in [4.69, 9.17) is 5.73 Å². The zero-order valence-corrected chi connectivity index (χ0v) is 12.0. The number of carbonyl (C=O) groups is 2. The summed E-state index contributed by atoms with van der Waals surface area (Å²) in [5.74, 6) is -0.582. The topological polar surface area (TPSA) is 63.4 Å². The zero-order valence-electron chi connectivity index (χ0n) is 12.0. The Morgan fingerprint density at radius 3 is 2.38 bits per heavy atom. The van der Waals surface area contributed by atoms with E-state index in [1.165, 1.54) is 4.90 Å². The Balaban J connectivity index is 2.07. The lowest BCUT2D eigenvalue weighted by Crippen LogP contribution is -2.29. The van der Waals surface area contributed by atoms with Crippen LogP contribution in [0, 0.1) is 6.92 Å². The standard InChI is InChI=1S/C17H16N2O2/c1-3-11-5-6-12(9-15(11)18)19-16(20)13-7-4-10(2)8-14(13)17(19)21/h4-9H,3,18H2,1-2H3. The summed E-state index contributed by atoms with van der Waals surface area (Å²) in [6, 6.07) is 10.6. The van der Waals surface area contributed by atoms with Gasteiger partial charge in [-0.25, -0.2) is 4.90 Å². The van der Waals surface area contributed by atoms with Crippen molar-refractivity contribution in [3.63, 3.8) is 0 Å². The minimum atomic E-state index is -0.293. The second-order valence-electron chi connectivity index (χ2n) is 5.23. The van der Waals surface area contributed by atoms with E-state index in [-0.39, 0.29) is 11.8 Å². The van der Waals surface area contributed by atoms with E-state index in [9.17, 15) is 9.59 Å². The van der Waals surface area contributed by atoms with Gasteiger partial charge in [-0.05, 0) is 43.2 Å². The SMILES string of the molecule is CCc1ccc(N2C(=O)c3ccc(C)cc3C2=O)cc1N. The molecule has 0 fully saturated rings. The van der Waals surface area contributed by atoms with Crippen LogP contribution >= 0.6 is 0 Å². The molecule has 0 radical (unpaired) electrons. The first kappa shape index (κ1) is 13.4. The summed E-state index contributed by atoms with van der Waals surface area (Å²) in [5.41, 5.74) is 9.96. The van der Waals surface area contributed by atoms with Gasteiger partial charge in [0.05, 0.1) is 16.8 Å². The van der Waals surface area contributed by atoms with Gasteiger partial charge in [-0.3, -0.25) is 9.59 Å². The molecule has 21 heavy (non-hydrogen) atoms. The average Bonchev–Trinajstić information content (AvgIpc) is 2.70. The number of anilines is 2. The van der Waals surface area contributed by atoms with Crippen LogP contribution in [0.3, 0.4) is 0 Å². The van der Waals surface area contributed by atoms with Gasteiger partial charge in [0.25, 0.3) is 11.8 Å². The lowest BCUT2D eigenvalue weighted by atomic mass is 10.1. The van der Waals surface area contributed by atoms with Crippen molar-refractivity contribution >= 4 is 23.2 Å². The summed E-state index contributed by atoms with van der Waals surface area (Å²) in [4.78, 5) is 26.1. The Morgan fingerprint density at radius 2 is 1.71 bits per heavy atom. The van der Waals surface area contributed by atoms with Crippen LogP contribution < -0.4 is 10.6 Å². The molecule has 2 aromatic rings. The van der Waals surface area contributed by atoms with Gasteiger partial charge >= 0.3 is 0 Å². The molecule has 2 N–H and O–H groups in total. The van der Waals surface area contributed by atoms with Crippen molar-refractivity contribution < 1.29 is 9.59 Å². The number of amides is 2. The summed E-state index contributed by atoms with van der Waals surface area (Å²) in [5, 5.41) is 0. The van der Waals surface area contributed by atoms with Gasteiger partial charge in [0.15, 0.2) is 0 Å². The number of nitrogens with zero attached hydrogens (tertiary/aromatic N) is 1. The molecule has 0 saturated heterocycles. The van der Waals surface area contributed by atoms with Crippen molar-refractivity contribution in [2.75, 3.05) is 10.6 Å². The fourth-order valence-electron chi connectivity index (χ4n) is 2.63. The maximum Gasteiger partial charge on any atom is 0.266 e. The molecule has 4 heteroatoms. The monoisotopic (exact) mass is 280 g/mol. The van der Waals surface area contributed by atoms with Crippen molar-refractivity contribution in [3.8, 4) is 0 Å². The Labute approximate surface area is 123 Å². The van der Waals surface area contributed by atoms with Crippen molar-refractivity contribution in [2.24, 2.45) is 0 Å². The lowest BCUT2D eigenvalue weighted by Gasteiger charge is -2.15. The van der Waals surface area contributed by atoms with Crippen LogP contribution in [0.15, 0.2) is 36.4 Å². The molecule has 4 nitrogen and oxygen atoms in total. The van der Waals surface area contributed by atoms with Gasteiger partial charge in [0, 0.05) is 5.69 Å². The van der Waals surface area contributed by atoms with Gasteiger partial charge in [0.2, 0.25) is 0 Å². The van der Waals surface area contributed by atoms with Gasteiger partial charge in [-0.15, -0.1) is 0 Å². The number of benzene rings is 2. The summed E-state index contributed by atoms with van der Waals surface area (Å²) >= 11 is 0. The minimum Gasteiger partial charge on any atom is -0.398 e. The van der Waals surface area contributed by atoms with E-state index in [1.807, 2.05) is 26.0 Å². The van der Waals surface area contributed by atoms with E-state index in [1.54, 1.807) is 24.3 Å². The third kappa shape index (κ3) is 2.00. The normalized spacial score (nSPS) is 13.7. The summed E-state index contributed by atoms with van der Waals surface area (Å²) in [6.45, 7) is 3.91. The number of rotatable bonds is 2. The number of fused-ring (bicyclic) bond motifs is 1. The average molecular weight is 280 g/mol. The number of aryl methyl sites for hydroxylation is 2.